The maximum Gasteiger partial charge on any atom is 0.262 e. The smallest absolute Gasteiger partial charge is 0.262 e. The molecule has 0 saturated carbocycles. The lowest BCUT2D eigenvalue weighted by Crippen LogP contribution is -2.37. The molecule has 1 aromatic carbocycles. The van der Waals surface area contributed by atoms with Gasteiger partial charge in [0.1, 0.15) is 29.0 Å². The molecule has 25 heavy (non-hydrogen) atoms. The second-order valence-electron chi connectivity index (χ2n) is 5.69. The first-order valence-corrected chi connectivity index (χ1v) is 7.73. The van der Waals surface area contributed by atoms with E-state index >= 15 is 0 Å². The first-order valence-electron chi connectivity index (χ1n) is 7.73. The van der Waals surface area contributed by atoms with Crippen molar-refractivity contribution in [2.75, 3.05) is 18.0 Å². The number of halogens is 2. The third kappa shape index (κ3) is 3.86. The summed E-state index contributed by atoms with van der Waals surface area (Å²) in [5.74, 6) is -1.37. The number of hydrogen-bond acceptors (Lipinski definition) is 4. The summed E-state index contributed by atoms with van der Waals surface area (Å²) in [6, 6.07) is 8.32. The number of nitrogens with zero attached hydrogens (tertiary/aromatic N) is 2. The van der Waals surface area contributed by atoms with Crippen molar-refractivity contribution in [1.29, 1.82) is 5.26 Å². The molecule has 0 unspecified atom stereocenters. The first kappa shape index (κ1) is 16.7. The summed E-state index contributed by atoms with van der Waals surface area (Å²) in [7, 11) is 0. The fraction of sp³-hybridized carbons (Fsp3) is 0.222. The molecule has 2 aromatic rings. The van der Waals surface area contributed by atoms with Gasteiger partial charge in [-0.05, 0) is 30.7 Å². The van der Waals surface area contributed by atoms with E-state index < -0.39 is 17.5 Å². The molecule has 2 heterocycles. The molecule has 1 fully saturated rings. The number of carbonyl (C=O) groups excluding carboxylic acids is 1. The Labute approximate surface area is 143 Å². The SMILES string of the molecule is N#C/C(=C/c1ccco1)C(=O)N[C@H]1CCN(c2ccc(F)cc2F)C1. The highest BCUT2D eigenvalue weighted by Gasteiger charge is 2.26. The lowest BCUT2D eigenvalue weighted by atomic mass is 10.2. The summed E-state index contributed by atoms with van der Waals surface area (Å²) in [6.07, 6.45) is 3.41. The topological polar surface area (TPSA) is 69.3 Å². The Morgan fingerprint density at radius 1 is 1.40 bits per heavy atom. The molecule has 1 aliphatic rings. The quantitative estimate of drug-likeness (QED) is 0.685. The summed E-state index contributed by atoms with van der Waals surface area (Å²) >= 11 is 0. The number of carbonyl (C=O) groups is 1. The fourth-order valence-electron chi connectivity index (χ4n) is 2.76. The zero-order valence-corrected chi connectivity index (χ0v) is 13.2. The average molecular weight is 343 g/mol. The lowest BCUT2D eigenvalue weighted by Gasteiger charge is -2.19. The maximum absolute atomic E-state index is 13.9. The largest absolute Gasteiger partial charge is 0.465 e. The molecule has 1 N–H and O–H groups in total. The second kappa shape index (κ2) is 7.18. The zero-order chi connectivity index (χ0) is 17.8. The van der Waals surface area contributed by atoms with Crippen LogP contribution >= 0.6 is 0 Å². The van der Waals surface area contributed by atoms with Crippen LogP contribution in [0, 0.1) is 23.0 Å². The van der Waals surface area contributed by atoms with E-state index in [0.717, 1.165) is 6.07 Å². The Balaban J connectivity index is 1.64. The van der Waals surface area contributed by atoms with Crippen LogP contribution in [0.2, 0.25) is 0 Å². The Morgan fingerprint density at radius 3 is 2.92 bits per heavy atom. The molecule has 0 radical (unpaired) electrons. The van der Waals surface area contributed by atoms with Crippen molar-refractivity contribution in [1.82, 2.24) is 5.32 Å². The van der Waals surface area contributed by atoms with Gasteiger partial charge in [-0.25, -0.2) is 8.78 Å². The summed E-state index contributed by atoms with van der Waals surface area (Å²) in [4.78, 5) is 14.0. The highest BCUT2D eigenvalue weighted by Crippen LogP contribution is 2.24. The van der Waals surface area contributed by atoms with E-state index in [0.29, 0.717) is 31.0 Å². The molecule has 0 bridgehead atoms. The van der Waals surface area contributed by atoms with E-state index in [1.165, 1.54) is 24.5 Å². The number of nitriles is 1. The minimum Gasteiger partial charge on any atom is -0.465 e. The highest BCUT2D eigenvalue weighted by atomic mass is 19.1. The van der Waals surface area contributed by atoms with Gasteiger partial charge in [0.05, 0.1) is 12.0 Å². The number of hydrogen-bond donors (Lipinski definition) is 1. The van der Waals surface area contributed by atoms with Crippen LogP contribution < -0.4 is 10.2 Å². The normalized spacial score (nSPS) is 17.4. The van der Waals surface area contributed by atoms with Crippen molar-refractivity contribution in [2.24, 2.45) is 0 Å². The molecular formula is C18H15F2N3O2. The monoisotopic (exact) mass is 343 g/mol. The van der Waals surface area contributed by atoms with Crippen LogP contribution in [0.15, 0.2) is 46.6 Å². The summed E-state index contributed by atoms with van der Waals surface area (Å²) in [6.45, 7) is 0.908. The third-order valence-electron chi connectivity index (χ3n) is 3.97. The van der Waals surface area contributed by atoms with Gasteiger partial charge in [-0.1, -0.05) is 0 Å². The molecule has 1 amide bonds. The molecule has 1 aliphatic heterocycles. The fourth-order valence-corrected chi connectivity index (χ4v) is 2.76. The van der Waals surface area contributed by atoms with Crippen molar-refractivity contribution in [3.63, 3.8) is 0 Å². The van der Waals surface area contributed by atoms with Gasteiger partial charge in [0.15, 0.2) is 0 Å². The van der Waals surface area contributed by atoms with E-state index in [1.54, 1.807) is 17.0 Å². The van der Waals surface area contributed by atoms with E-state index in [1.807, 2.05) is 6.07 Å². The minimum absolute atomic E-state index is 0.0682. The molecule has 1 atom stereocenters. The lowest BCUT2D eigenvalue weighted by molar-refractivity contribution is -0.117. The van der Waals surface area contributed by atoms with Crippen LogP contribution in [0.4, 0.5) is 14.5 Å². The van der Waals surface area contributed by atoms with Gasteiger partial charge in [0, 0.05) is 31.3 Å². The van der Waals surface area contributed by atoms with Gasteiger partial charge in [0.2, 0.25) is 0 Å². The standard InChI is InChI=1S/C18H15F2N3O2/c19-13-3-4-17(16(20)9-13)23-6-5-14(11-23)22-18(24)12(10-21)8-15-2-1-7-25-15/h1-4,7-9,14H,5-6,11H2,(H,22,24)/b12-8-/t14-/m0/s1. The maximum atomic E-state index is 13.9. The minimum atomic E-state index is -0.637. The highest BCUT2D eigenvalue weighted by molar-refractivity contribution is 6.01. The predicted molar refractivity (Wildman–Crippen MR) is 87.4 cm³/mol. The van der Waals surface area contributed by atoms with Crippen molar-refractivity contribution in [3.8, 4) is 6.07 Å². The predicted octanol–water partition coefficient (Wildman–Crippen LogP) is 2.86. The number of rotatable bonds is 4. The Kier molecular flexibility index (Phi) is 4.80. The van der Waals surface area contributed by atoms with Gasteiger partial charge < -0.3 is 14.6 Å². The molecule has 128 valence electrons. The van der Waals surface area contributed by atoms with E-state index in [2.05, 4.69) is 5.32 Å². The number of benzene rings is 1. The van der Waals surface area contributed by atoms with Gasteiger partial charge in [-0.15, -0.1) is 0 Å². The number of anilines is 1. The van der Waals surface area contributed by atoms with Gasteiger partial charge in [0.25, 0.3) is 5.91 Å². The van der Waals surface area contributed by atoms with Crippen LogP contribution in [-0.4, -0.2) is 25.0 Å². The molecule has 7 heteroatoms. The Morgan fingerprint density at radius 2 is 2.24 bits per heavy atom. The first-order chi connectivity index (χ1) is 12.1. The summed E-state index contributed by atoms with van der Waals surface area (Å²) in [5.41, 5.74) is 0.228. The summed E-state index contributed by atoms with van der Waals surface area (Å²) < 4.78 is 32.0. The van der Waals surface area contributed by atoms with Crippen LogP contribution in [0.3, 0.4) is 0 Å². The molecule has 5 nitrogen and oxygen atoms in total. The van der Waals surface area contributed by atoms with Crippen molar-refractivity contribution < 1.29 is 18.0 Å². The Hall–Kier alpha value is -3.14. The average Bonchev–Trinajstić information content (AvgIpc) is 3.24. The molecule has 3 rings (SSSR count). The van der Waals surface area contributed by atoms with E-state index in [-0.39, 0.29) is 11.6 Å². The van der Waals surface area contributed by atoms with Crippen LogP contribution in [0.25, 0.3) is 6.08 Å². The number of amides is 1. The third-order valence-corrected chi connectivity index (χ3v) is 3.97. The summed E-state index contributed by atoms with van der Waals surface area (Å²) in [5, 5.41) is 11.9. The van der Waals surface area contributed by atoms with Crippen molar-refractivity contribution in [2.45, 2.75) is 12.5 Å². The zero-order valence-electron chi connectivity index (χ0n) is 13.2. The molecule has 0 aliphatic carbocycles. The molecule has 1 aromatic heterocycles. The van der Waals surface area contributed by atoms with E-state index in [9.17, 15) is 13.6 Å². The van der Waals surface area contributed by atoms with Crippen molar-refractivity contribution >= 4 is 17.7 Å². The molecule has 1 saturated heterocycles. The van der Waals surface area contributed by atoms with Crippen molar-refractivity contribution in [3.05, 3.63) is 59.6 Å². The van der Waals surface area contributed by atoms with Crippen LogP contribution in [0.1, 0.15) is 12.2 Å². The van der Waals surface area contributed by atoms with Gasteiger partial charge in [-0.3, -0.25) is 4.79 Å². The van der Waals surface area contributed by atoms with Gasteiger partial charge >= 0.3 is 0 Å². The molecular weight excluding hydrogens is 328 g/mol. The van der Waals surface area contributed by atoms with E-state index in [4.69, 9.17) is 9.68 Å². The van der Waals surface area contributed by atoms with Gasteiger partial charge in [-0.2, -0.15) is 5.26 Å². The number of furan rings is 1. The number of nitrogens with one attached hydrogen (secondary N) is 1. The van der Waals surface area contributed by atoms with Crippen LogP contribution in [0.5, 0.6) is 0 Å². The second-order valence-corrected chi connectivity index (χ2v) is 5.69. The molecule has 0 spiro atoms. The van der Waals surface area contributed by atoms with Crippen LogP contribution in [-0.2, 0) is 4.79 Å². The Bertz CT molecular complexity index is 841.